The average molecular weight is 551 g/mol. The van der Waals surface area contributed by atoms with Crippen molar-refractivity contribution in [3.05, 3.63) is 99.1 Å². The molecule has 0 saturated heterocycles. The van der Waals surface area contributed by atoms with Gasteiger partial charge in [-0.3, -0.25) is 9.48 Å². The zero-order valence-electron chi connectivity index (χ0n) is 21.0. The van der Waals surface area contributed by atoms with Crippen LogP contribution in [0.25, 0.3) is 16.9 Å². The number of carbonyl (C=O) groups excluding carboxylic acids is 1. The molecular weight excluding hydrogens is 529 g/mol. The fraction of sp³-hybridized carbons (Fsp3) is 0.214. The highest BCUT2D eigenvalue weighted by Gasteiger charge is 2.40. The zero-order valence-corrected chi connectivity index (χ0v) is 21.7. The summed E-state index contributed by atoms with van der Waals surface area (Å²) in [5, 5.41) is 12.0. The maximum atomic E-state index is 14.3. The molecule has 0 spiro atoms. The number of aryl methyl sites for hydroxylation is 2. The van der Waals surface area contributed by atoms with Crippen LogP contribution >= 0.6 is 11.6 Å². The number of carbonyl (C=O) groups is 1. The summed E-state index contributed by atoms with van der Waals surface area (Å²) in [6.45, 7) is 4.02. The minimum atomic E-state index is -4.69. The summed E-state index contributed by atoms with van der Waals surface area (Å²) in [5.41, 5.74) is 3.55. The van der Waals surface area contributed by atoms with Crippen molar-refractivity contribution in [2.45, 2.75) is 39.4 Å². The van der Waals surface area contributed by atoms with Gasteiger partial charge in [0.1, 0.15) is 0 Å². The van der Waals surface area contributed by atoms with E-state index in [1.165, 1.54) is 6.07 Å². The van der Waals surface area contributed by atoms with Crippen LogP contribution in [0.5, 0.6) is 0 Å². The lowest BCUT2D eigenvalue weighted by molar-refractivity contribution is -0.143. The number of hydrogen-bond donors (Lipinski definition) is 1. The maximum absolute atomic E-state index is 14.3. The Hall–Kier alpha value is -4.18. The van der Waals surface area contributed by atoms with Crippen molar-refractivity contribution < 1.29 is 18.0 Å². The number of anilines is 1. The summed E-state index contributed by atoms with van der Waals surface area (Å²) >= 11 is 5.97. The quantitative estimate of drug-likeness (QED) is 0.286. The van der Waals surface area contributed by atoms with Crippen molar-refractivity contribution in [3.63, 3.8) is 0 Å². The molecule has 1 N–H and O–H groups in total. The van der Waals surface area contributed by atoms with Gasteiger partial charge in [0.25, 0.3) is 5.91 Å². The van der Waals surface area contributed by atoms with Gasteiger partial charge in [-0.1, -0.05) is 48.0 Å². The third-order valence-electron chi connectivity index (χ3n) is 6.98. The zero-order chi connectivity index (χ0) is 27.5. The first-order valence-electron chi connectivity index (χ1n) is 12.3. The van der Waals surface area contributed by atoms with E-state index in [0.29, 0.717) is 40.6 Å². The van der Waals surface area contributed by atoms with E-state index in [9.17, 15) is 18.0 Å². The molecule has 2 aromatic carbocycles. The highest BCUT2D eigenvalue weighted by Crippen LogP contribution is 2.40. The number of nitrogens with one attached hydrogen (secondary N) is 1. The van der Waals surface area contributed by atoms with E-state index in [-0.39, 0.29) is 29.0 Å². The first-order valence-corrected chi connectivity index (χ1v) is 12.7. The Labute approximate surface area is 226 Å². The van der Waals surface area contributed by atoms with Gasteiger partial charge in [0.15, 0.2) is 17.0 Å². The summed E-state index contributed by atoms with van der Waals surface area (Å²) in [6, 6.07) is 15.9. The van der Waals surface area contributed by atoms with E-state index in [1.807, 2.05) is 31.2 Å². The van der Waals surface area contributed by atoms with Crippen LogP contribution in [0, 0.1) is 13.8 Å². The first kappa shape index (κ1) is 25.1. The molecule has 3 heterocycles. The Morgan fingerprint density at radius 2 is 1.79 bits per heavy atom. The van der Waals surface area contributed by atoms with Crippen LogP contribution < -0.4 is 5.32 Å². The highest BCUT2D eigenvalue weighted by molar-refractivity contribution is 6.30. The van der Waals surface area contributed by atoms with Crippen LogP contribution in [0.1, 0.15) is 44.3 Å². The minimum Gasteiger partial charge on any atom is -0.317 e. The number of benzene rings is 2. The molecule has 6 rings (SSSR count). The molecule has 0 bridgehead atoms. The molecule has 1 aliphatic rings. The number of aromatic nitrogens is 5. The molecule has 0 atom stereocenters. The number of fused-ring (bicyclic) bond motifs is 4. The number of halogens is 4. The molecule has 39 heavy (non-hydrogen) atoms. The number of hydrogen-bond acceptors (Lipinski definition) is 4. The molecule has 1 amide bonds. The lowest BCUT2D eigenvalue weighted by Gasteiger charge is -2.23. The fourth-order valence-electron chi connectivity index (χ4n) is 5.10. The minimum absolute atomic E-state index is 0.0465. The molecule has 198 valence electrons. The van der Waals surface area contributed by atoms with Crippen molar-refractivity contribution in [2.75, 3.05) is 5.32 Å². The number of nitrogens with zero attached hydrogens (tertiary/aromatic N) is 5. The molecule has 5 aromatic rings. The van der Waals surface area contributed by atoms with E-state index in [0.717, 1.165) is 15.6 Å². The van der Waals surface area contributed by atoms with Crippen LogP contribution in [-0.2, 0) is 25.6 Å². The summed E-state index contributed by atoms with van der Waals surface area (Å²) in [7, 11) is 0. The van der Waals surface area contributed by atoms with Gasteiger partial charge in [0.2, 0.25) is 0 Å². The van der Waals surface area contributed by atoms with Gasteiger partial charge in [-0.15, -0.1) is 0 Å². The molecule has 0 fully saturated rings. The summed E-state index contributed by atoms with van der Waals surface area (Å²) < 4.78 is 45.5. The van der Waals surface area contributed by atoms with Crippen LogP contribution in [0.4, 0.5) is 18.9 Å². The Morgan fingerprint density at radius 1 is 1.05 bits per heavy atom. The van der Waals surface area contributed by atoms with Gasteiger partial charge in [0, 0.05) is 22.2 Å². The monoisotopic (exact) mass is 550 g/mol. The largest absolute Gasteiger partial charge is 0.433 e. The Bertz CT molecular complexity index is 1750. The number of alkyl halides is 3. The van der Waals surface area contributed by atoms with Gasteiger partial charge in [0.05, 0.1) is 29.3 Å². The third kappa shape index (κ3) is 4.44. The third-order valence-corrected chi connectivity index (χ3v) is 7.24. The van der Waals surface area contributed by atoms with Crippen molar-refractivity contribution >= 4 is 28.8 Å². The SMILES string of the molecule is Cc1nn(Cc2ccc(Cl)cc2)c(C)c1NC(=O)c1cc2nc3c(c(C(F)(F)F)n2n1)CCc1ccccc1-3. The average Bonchev–Trinajstić information content (AvgIpc) is 3.44. The van der Waals surface area contributed by atoms with Gasteiger partial charge in [-0.2, -0.15) is 23.4 Å². The Balaban J connectivity index is 1.37. The summed E-state index contributed by atoms with van der Waals surface area (Å²) in [6.07, 6.45) is -4.05. The molecule has 3 aromatic heterocycles. The second-order valence-corrected chi connectivity index (χ2v) is 9.96. The second kappa shape index (κ2) is 9.23. The fourth-order valence-corrected chi connectivity index (χ4v) is 5.23. The van der Waals surface area contributed by atoms with E-state index in [1.54, 1.807) is 35.9 Å². The molecular formula is C28H22ClF3N6O. The number of amides is 1. The van der Waals surface area contributed by atoms with Crippen LogP contribution in [-0.4, -0.2) is 30.3 Å². The molecule has 7 nitrogen and oxygen atoms in total. The predicted molar refractivity (Wildman–Crippen MR) is 141 cm³/mol. The molecule has 1 aliphatic carbocycles. The van der Waals surface area contributed by atoms with Crippen LogP contribution in [0.15, 0.2) is 54.6 Å². The maximum Gasteiger partial charge on any atom is 0.433 e. The molecule has 11 heteroatoms. The lowest BCUT2D eigenvalue weighted by atomic mass is 9.88. The lowest BCUT2D eigenvalue weighted by Crippen LogP contribution is -2.21. The van der Waals surface area contributed by atoms with Crippen molar-refractivity contribution in [3.8, 4) is 11.3 Å². The van der Waals surface area contributed by atoms with Crippen molar-refractivity contribution in [1.82, 2.24) is 24.4 Å². The highest BCUT2D eigenvalue weighted by atomic mass is 35.5. The topological polar surface area (TPSA) is 77.1 Å². The smallest absolute Gasteiger partial charge is 0.317 e. The van der Waals surface area contributed by atoms with Crippen LogP contribution in [0.3, 0.4) is 0 Å². The summed E-state index contributed by atoms with van der Waals surface area (Å²) in [5.74, 6) is -0.649. The van der Waals surface area contributed by atoms with Crippen molar-refractivity contribution in [2.24, 2.45) is 0 Å². The van der Waals surface area contributed by atoms with E-state index >= 15 is 0 Å². The van der Waals surface area contributed by atoms with Crippen LogP contribution in [0.2, 0.25) is 5.02 Å². The summed E-state index contributed by atoms with van der Waals surface area (Å²) in [4.78, 5) is 17.8. The second-order valence-electron chi connectivity index (χ2n) is 9.53. The van der Waals surface area contributed by atoms with Gasteiger partial charge in [-0.25, -0.2) is 9.50 Å². The first-order chi connectivity index (χ1) is 18.6. The Kier molecular flexibility index (Phi) is 5.95. The standard InChI is InChI=1S/C28H22ClF3N6O/c1-15-24(16(2)37(35-15)14-17-7-10-19(29)11-8-17)34-27(39)22-13-23-33-25-20-6-4-3-5-18(20)9-12-21(25)26(28(30,31)32)38(23)36-22/h3-8,10-11,13H,9,12,14H2,1-2H3,(H,34,39). The van der Waals surface area contributed by atoms with Gasteiger partial charge >= 0.3 is 6.18 Å². The van der Waals surface area contributed by atoms with E-state index < -0.39 is 17.8 Å². The molecule has 0 saturated carbocycles. The molecule has 0 aliphatic heterocycles. The van der Waals surface area contributed by atoms with E-state index in [4.69, 9.17) is 11.6 Å². The molecule has 0 unspecified atom stereocenters. The predicted octanol–water partition coefficient (Wildman–Crippen LogP) is 6.28. The normalized spacial score (nSPS) is 12.9. The molecule has 0 radical (unpaired) electrons. The van der Waals surface area contributed by atoms with E-state index in [2.05, 4.69) is 20.5 Å². The van der Waals surface area contributed by atoms with Gasteiger partial charge < -0.3 is 5.32 Å². The number of rotatable bonds is 4. The van der Waals surface area contributed by atoms with Gasteiger partial charge in [-0.05, 0) is 49.9 Å². The van der Waals surface area contributed by atoms with Crippen molar-refractivity contribution in [1.29, 1.82) is 0 Å². The Morgan fingerprint density at radius 3 is 2.54 bits per heavy atom.